The number of nitrogens with zero attached hydrogens (tertiary/aromatic N) is 1. The molecule has 0 aromatic rings. The van der Waals surface area contributed by atoms with Crippen LogP contribution in [0.15, 0.2) is 11.0 Å². The fraction of sp³-hybridized carbons (Fsp3) is 0.667. The van der Waals surface area contributed by atoms with E-state index in [4.69, 9.17) is 9.47 Å². The van der Waals surface area contributed by atoms with Gasteiger partial charge in [-0.3, -0.25) is 9.59 Å². The van der Waals surface area contributed by atoms with Gasteiger partial charge >= 0.3 is 11.9 Å². The molecular weight excluding hydrogens is 306 g/mol. The number of hydrogen-bond donors (Lipinski definition) is 0. The minimum Gasteiger partial charge on any atom is -0.427 e. The van der Waals surface area contributed by atoms with Crippen molar-refractivity contribution < 1.29 is 23.9 Å². The number of thioether (sulfide) groups is 1. The van der Waals surface area contributed by atoms with Gasteiger partial charge in [-0.05, 0) is 32.6 Å². The van der Waals surface area contributed by atoms with Gasteiger partial charge in [0.15, 0.2) is 6.04 Å². The number of fused-ring (bicyclic) bond motifs is 1. The standard InChI is InChI=1S/C15H21NO5S/c1-5-22-10-6-9-7-11(17)16(9)12(10)13(18)20-8-21-14(19)15(2,3)4/h6,9,12H,5,7-8H2,1-4H3/t9?,12-/m0/s1. The van der Waals surface area contributed by atoms with Gasteiger partial charge in [0.05, 0.1) is 17.9 Å². The van der Waals surface area contributed by atoms with Crippen molar-refractivity contribution in [1.82, 2.24) is 4.90 Å². The SMILES string of the molecule is CCSC1=CC2CC(=O)N2[C@@H]1C(=O)OCOC(=O)C(C)(C)C. The molecule has 1 saturated heterocycles. The molecule has 0 saturated carbocycles. The molecule has 2 aliphatic rings. The molecular formula is C15H21NO5S. The van der Waals surface area contributed by atoms with Crippen LogP contribution in [0.5, 0.6) is 0 Å². The van der Waals surface area contributed by atoms with Crippen LogP contribution in [0.4, 0.5) is 0 Å². The van der Waals surface area contributed by atoms with Gasteiger partial charge < -0.3 is 14.4 Å². The van der Waals surface area contributed by atoms with Crippen molar-refractivity contribution in [3.8, 4) is 0 Å². The van der Waals surface area contributed by atoms with E-state index in [0.29, 0.717) is 6.42 Å². The van der Waals surface area contributed by atoms with Gasteiger partial charge in [-0.2, -0.15) is 0 Å². The minimum atomic E-state index is -0.690. The largest absolute Gasteiger partial charge is 0.427 e. The number of carbonyl (C=O) groups is 3. The Morgan fingerprint density at radius 3 is 2.59 bits per heavy atom. The lowest BCUT2D eigenvalue weighted by Gasteiger charge is -2.37. The molecule has 22 heavy (non-hydrogen) atoms. The number of β-lactam (4-membered cyclic amide) rings is 1. The molecule has 0 radical (unpaired) electrons. The number of hydrogen-bond acceptors (Lipinski definition) is 6. The van der Waals surface area contributed by atoms with E-state index in [9.17, 15) is 14.4 Å². The highest BCUT2D eigenvalue weighted by Gasteiger charge is 2.50. The van der Waals surface area contributed by atoms with E-state index in [1.54, 1.807) is 20.8 Å². The van der Waals surface area contributed by atoms with Crippen LogP contribution in [0.2, 0.25) is 0 Å². The van der Waals surface area contributed by atoms with Crippen molar-refractivity contribution in [3.05, 3.63) is 11.0 Å². The van der Waals surface area contributed by atoms with Crippen molar-refractivity contribution in [2.24, 2.45) is 5.41 Å². The lowest BCUT2D eigenvalue weighted by molar-refractivity contribution is -0.178. The van der Waals surface area contributed by atoms with Crippen molar-refractivity contribution in [3.63, 3.8) is 0 Å². The second-order valence-corrected chi connectivity index (χ2v) is 7.58. The molecule has 6 nitrogen and oxygen atoms in total. The fourth-order valence-corrected chi connectivity index (χ4v) is 3.26. The summed E-state index contributed by atoms with van der Waals surface area (Å²) in [6.07, 6.45) is 2.39. The maximum absolute atomic E-state index is 12.2. The molecule has 0 aromatic carbocycles. The summed E-state index contributed by atoms with van der Waals surface area (Å²) in [5, 5.41) is 0. The van der Waals surface area contributed by atoms with Gasteiger partial charge in [0.2, 0.25) is 12.7 Å². The zero-order chi connectivity index (χ0) is 16.5. The highest BCUT2D eigenvalue weighted by atomic mass is 32.2. The molecule has 0 N–H and O–H groups in total. The summed E-state index contributed by atoms with van der Waals surface area (Å²) in [5.74, 6) is -0.238. The monoisotopic (exact) mass is 327 g/mol. The lowest BCUT2D eigenvalue weighted by Crippen LogP contribution is -2.55. The third kappa shape index (κ3) is 3.29. The molecule has 1 amide bonds. The van der Waals surface area contributed by atoms with Crippen LogP contribution in [0.3, 0.4) is 0 Å². The molecule has 0 aromatic heterocycles. The van der Waals surface area contributed by atoms with Crippen LogP contribution in [-0.4, -0.2) is 47.4 Å². The first-order valence-corrected chi connectivity index (χ1v) is 8.23. The van der Waals surface area contributed by atoms with Crippen LogP contribution < -0.4 is 0 Å². The topological polar surface area (TPSA) is 72.9 Å². The predicted octanol–water partition coefficient (Wildman–Crippen LogP) is 1.70. The predicted molar refractivity (Wildman–Crippen MR) is 81.8 cm³/mol. The van der Waals surface area contributed by atoms with Crippen LogP contribution >= 0.6 is 11.8 Å². The Kier molecular flexibility index (Phi) is 4.84. The van der Waals surface area contributed by atoms with E-state index in [2.05, 4.69) is 0 Å². The van der Waals surface area contributed by atoms with E-state index in [1.807, 2.05) is 13.0 Å². The number of esters is 2. The first kappa shape index (κ1) is 16.9. The zero-order valence-electron chi connectivity index (χ0n) is 13.3. The molecule has 1 fully saturated rings. The summed E-state index contributed by atoms with van der Waals surface area (Å²) in [4.78, 5) is 37.9. The molecule has 7 heteroatoms. The highest BCUT2D eigenvalue weighted by Crippen LogP contribution is 2.39. The Morgan fingerprint density at radius 1 is 1.36 bits per heavy atom. The van der Waals surface area contributed by atoms with Gasteiger partial charge in [0.1, 0.15) is 0 Å². The third-order valence-electron chi connectivity index (χ3n) is 3.47. The number of carbonyl (C=O) groups excluding carboxylic acids is 3. The van der Waals surface area contributed by atoms with Crippen LogP contribution in [0, 0.1) is 5.41 Å². The van der Waals surface area contributed by atoms with Gasteiger partial charge in [-0.25, -0.2) is 4.79 Å². The summed E-state index contributed by atoms with van der Waals surface area (Å²) < 4.78 is 9.97. The van der Waals surface area contributed by atoms with E-state index in [0.717, 1.165) is 10.7 Å². The third-order valence-corrected chi connectivity index (χ3v) is 4.45. The van der Waals surface area contributed by atoms with E-state index in [-0.39, 0.29) is 11.9 Å². The van der Waals surface area contributed by atoms with Crippen molar-refractivity contribution >= 4 is 29.6 Å². The summed E-state index contributed by atoms with van der Waals surface area (Å²) >= 11 is 1.53. The molecule has 0 spiro atoms. The van der Waals surface area contributed by atoms with E-state index in [1.165, 1.54) is 16.7 Å². The van der Waals surface area contributed by atoms with Crippen molar-refractivity contribution in [2.75, 3.05) is 12.5 Å². The summed E-state index contributed by atoms with van der Waals surface area (Å²) in [5.41, 5.74) is -0.651. The zero-order valence-corrected chi connectivity index (χ0v) is 14.1. The molecule has 2 atom stereocenters. The number of ether oxygens (including phenoxy) is 2. The first-order valence-electron chi connectivity index (χ1n) is 7.25. The Balaban J connectivity index is 1.92. The number of rotatable bonds is 5. The highest BCUT2D eigenvalue weighted by molar-refractivity contribution is 8.03. The van der Waals surface area contributed by atoms with Crippen LogP contribution in [0.25, 0.3) is 0 Å². The summed E-state index contributed by atoms with van der Waals surface area (Å²) in [7, 11) is 0. The van der Waals surface area contributed by atoms with Crippen molar-refractivity contribution in [1.29, 1.82) is 0 Å². The molecule has 0 aliphatic carbocycles. The molecule has 2 aliphatic heterocycles. The maximum atomic E-state index is 12.2. The smallest absolute Gasteiger partial charge is 0.336 e. The van der Waals surface area contributed by atoms with Crippen LogP contribution in [0.1, 0.15) is 34.1 Å². The molecule has 1 unspecified atom stereocenters. The molecule has 2 heterocycles. The molecule has 2 rings (SSSR count). The molecule has 122 valence electrons. The quantitative estimate of drug-likeness (QED) is 0.435. The summed E-state index contributed by atoms with van der Waals surface area (Å²) in [6.45, 7) is 6.71. The maximum Gasteiger partial charge on any atom is 0.336 e. The second kappa shape index (κ2) is 6.32. The van der Waals surface area contributed by atoms with Crippen LogP contribution in [-0.2, 0) is 23.9 Å². The van der Waals surface area contributed by atoms with E-state index < -0.39 is 30.2 Å². The summed E-state index contributed by atoms with van der Waals surface area (Å²) in [6, 6.07) is -0.694. The Hall–Kier alpha value is -1.50. The van der Waals surface area contributed by atoms with Gasteiger partial charge in [0, 0.05) is 4.91 Å². The first-order chi connectivity index (χ1) is 10.3. The van der Waals surface area contributed by atoms with E-state index >= 15 is 0 Å². The lowest BCUT2D eigenvalue weighted by atomic mass is 9.98. The second-order valence-electron chi connectivity index (χ2n) is 6.24. The average Bonchev–Trinajstić information content (AvgIpc) is 2.70. The Labute approximate surface area is 134 Å². The van der Waals surface area contributed by atoms with Crippen molar-refractivity contribution in [2.45, 2.75) is 46.2 Å². The minimum absolute atomic E-state index is 0.00349. The molecule has 0 bridgehead atoms. The number of amides is 1. The van der Waals surface area contributed by atoms with Gasteiger partial charge in [-0.15, -0.1) is 11.8 Å². The Morgan fingerprint density at radius 2 is 2.05 bits per heavy atom. The Bertz CT molecular complexity index is 523. The fourth-order valence-electron chi connectivity index (χ4n) is 2.31. The average molecular weight is 327 g/mol. The van der Waals surface area contributed by atoms with Gasteiger partial charge in [0.25, 0.3) is 0 Å². The van der Waals surface area contributed by atoms with Gasteiger partial charge in [-0.1, -0.05) is 6.92 Å². The normalized spacial score (nSPS) is 23.5.